The lowest BCUT2D eigenvalue weighted by atomic mass is 9.94. The third-order valence-corrected chi connectivity index (χ3v) is 4.89. The van der Waals surface area contributed by atoms with E-state index in [1.54, 1.807) is 4.90 Å². The fourth-order valence-corrected chi connectivity index (χ4v) is 3.74. The maximum Gasteiger partial charge on any atom is 0.255 e. The third-order valence-electron chi connectivity index (χ3n) is 4.56. The van der Waals surface area contributed by atoms with E-state index in [-0.39, 0.29) is 29.4 Å². The Balaban J connectivity index is 1.86. The van der Waals surface area contributed by atoms with Gasteiger partial charge in [-0.15, -0.1) is 0 Å². The molecule has 112 valence electrons. The number of aromatic hydroxyl groups is 1. The number of phenols is 1. The molecule has 1 aromatic rings. The minimum Gasteiger partial charge on any atom is -0.508 e. The minimum absolute atomic E-state index is 0.00841. The van der Waals surface area contributed by atoms with E-state index in [9.17, 15) is 14.7 Å². The zero-order chi connectivity index (χ0) is 15.0. The van der Waals surface area contributed by atoms with Gasteiger partial charge in [0, 0.05) is 24.9 Å². The Bertz CT molecular complexity index is 587. The highest BCUT2D eigenvalue weighted by Gasteiger charge is 2.40. The summed E-state index contributed by atoms with van der Waals surface area (Å²) in [5.41, 5.74) is 0.314. The van der Waals surface area contributed by atoms with Crippen molar-refractivity contribution in [2.45, 2.75) is 38.1 Å². The van der Waals surface area contributed by atoms with Crippen LogP contribution in [0.15, 0.2) is 18.2 Å². The summed E-state index contributed by atoms with van der Waals surface area (Å²) in [6.07, 6.45) is 4.22. The second-order valence-electron chi connectivity index (χ2n) is 5.84. The number of carbonyl (C=O) groups is 2. The summed E-state index contributed by atoms with van der Waals surface area (Å²) in [4.78, 5) is 26.5. The Morgan fingerprint density at radius 3 is 2.81 bits per heavy atom. The van der Waals surface area contributed by atoms with Crippen LogP contribution >= 0.6 is 11.6 Å². The first-order valence-corrected chi connectivity index (χ1v) is 7.78. The standard InChI is InChI=1S/C16H18ClNO3/c17-13-7-6-10(19)9-12(13)16(21)18-8-2-4-14(18)11-3-1-5-15(11)20/h6-7,9,11,14,19H,1-5,8H2. The van der Waals surface area contributed by atoms with Crippen molar-refractivity contribution >= 4 is 23.3 Å². The normalized spacial score (nSPS) is 25.6. The highest BCUT2D eigenvalue weighted by atomic mass is 35.5. The van der Waals surface area contributed by atoms with Crippen LogP contribution in [-0.4, -0.2) is 34.3 Å². The highest BCUT2D eigenvalue weighted by molar-refractivity contribution is 6.33. The van der Waals surface area contributed by atoms with Crippen molar-refractivity contribution in [3.05, 3.63) is 28.8 Å². The van der Waals surface area contributed by atoms with E-state index >= 15 is 0 Å². The lowest BCUT2D eigenvalue weighted by molar-refractivity contribution is -0.121. The average Bonchev–Trinajstić information content (AvgIpc) is 3.08. The molecule has 1 amide bonds. The predicted molar refractivity (Wildman–Crippen MR) is 79.5 cm³/mol. The third kappa shape index (κ3) is 2.64. The van der Waals surface area contributed by atoms with Crippen molar-refractivity contribution in [3.8, 4) is 5.75 Å². The van der Waals surface area contributed by atoms with Crippen LogP contribution in [0.4, 0.5) is 0 Å². The van der Waals surface area contributed by atoms with Crippen molar-refractivity contribution in [1.29, 1.82) is 0 Å². The Morgan fingerprint density at radius 1 is 1.29 bits per heavy atom. The number of phenolic OH excluding ortho intramolecular Hbond substituents is 1. The fraction of sp³-hybridized carbons (Fsp3) is 0.500. The van der Waals surface area contributed by atoms with E-state index in [1.165, 1.54) is 18.2 Å². The first-order valence-electron chi connectivity index (χ1n) is 7.40. The summed E-state index contributed by atoms with van der Waals surface area (Å²) in [6, 6.07) is 4.37. The number of ketones is 1. The van der Waals surface area contributed by atoms with Gasteiger partial charge in [0.15, 0.2) is 0 Å². The molecule has 1 aliphatic carbocycles. The van der Waals surface area contributed by atoms with Gasteiger partial charge in [0.1, 0.15) is 11.5 Å². The molecule has 4 nitrogen and oxygen atoms in total. The van der Waals surface area contributed by atoms with Crippen LogP contribution in [0.5, 0.6) is 5.75 Å². The molecule has 2 atom stereocenters. The van der Waals surface area contributed by atoms with Crippen molar-refractivity contribution < 1.29 is 14.7 Å². The fourth-order valence-electron chi connectivity index (χ4n) is 3.54. The van der Waals surface area contributed by atoms with E-state index in [0.717, 1.165) is 25.7 Å². The van der Waals surface area contributed by atoms with Gasteiger partial charge in [-0.1, -0.05) is 11.6 Å². The Morgan fingerprint density at radius 2 is 2.10 bits per heavy atom. The van der Waals surface area contributed by atoms with Crippen LogP contribution < -0.4 is 0 Å². The average molecular weight is 308 g/mol. The van der Waals surface area contributed by atoms with E-state index in [0.29, 0.717) is 23.6 Å². The molecule has 1 saturated heterocycles. The molecule has 3 rings (SSSR count). The lowest BCUT2D eigenvalue weighted by Gasteiger charge is -2.29. The summed E-state index contributed by atoms with van der Waals surface area (Å²) in [5.74, 6) is 0.0998. The van der Waals surface area contributed by atoms with Crippen LogP contribution in [0.3, 0.4) is 0 Å². The van der Waals surface area contributed by atoms with Gasteiger partial charge in [-0.25, -0.2) is 0 Å². The first kappa shape index (κ1) is 14.4. The van der Waals surface area contributed by atoms with Crippen LogP contribution in [0.1, 0.15) is 42.5 Å². The van der Waals surface area contributed by atoms with Crippen molar-refractivity contribution in [2.24, 2.45) is 5.92 Å². The van der Waals surface area contributed by atoms with Gasteiger partial charge in [0.05, 0.1) is 10.6 Å². The molecule has 2 fully saturated rings. The Labute approximate surface area is 128 Å². The maximum atomic E-state index is 12.7. The zero-order valence-corrected chi connectivity index (χ0v) is 12.5. The van der Waals surface area contributed by atoms with E-state index in [1.807, 2.05) is 0 Å². The molecule has 2 aliphatic rings. The van der Waals surface area contributed by atoms with Crippen LogP contribution in [-0.2, 0) is 4.79 Å². The van der Waals surface area contributed by atoms with E-state index < -0.39 is 0 Å². The summed E-state index contributed by atoms with van der Waals surface area (Å²) in [5, 5.41) is 9.90. The summed E-state index contributed by atoms with van der Waals surface area (Å²) in [7, 11) is 0. The number of benzene rings is 1. The number of halogens is 1. The second kappa shape index (κ2) is 5.68. The van der Waals surface area contributed by atoms with Gasteiger partial charge >= 0.3 is 0 Å². The van der Waals surface area contributed by atoms with Crippen molar-refractivity contribution in [1.82, 2.24) is 4.90 Å². The number of nitrogens with zero attached hydrogens (tertiary/aromatic N) is 1. The number of hydrogen-bond acceptors (Lipinski definition) is 3. The SMILES string of the molecule is O=C1CCCC1C1CCCN1C(=O)c1cc(O)ccc1Cl. The second-order valence-corrected chi connectivity index (χ2v) is 6.24. The van der Waals surface area contributed by atoms with E-state index in [4.69, 9.17) is 11.6 Å². The largest absolute Gasteiger partial charge is 0.508 e. The summed E-state index contributed by atoms with van der Waals surface area (Å²) < 4.78 is 0. The molecule has 5 heteroatoms. The molecular formula is C16H18ClNO3. The number of carbonyl (C=O) groups excluding carboxylic acids is 2. The molecule has 0 spiro atoms. The molecule has 1 N–H and O–H groups in total. The molecule has 0 radical (unpaired) electrons. The topological polar surface area (TPSA) is 57.6 Å². The quantitative estimate of drug-likeness (QED) is 0.913. The van der Waals surface area contributed by atoms with Crippen molar-refractivity contribution in [3.63, 3.8) is 0 Å². The van der Waals surface area contributed by atoms with Gasteiger partial charge in [0.2, 0.25) is 0 Å². The first-order chi connectivity index (χ1) is 10.1. The maximum absolute atomic E-state index is 12.7. The Hall–Kier alpha value is -1.55. The van der Waals surface area contributed by atoms with E-state index in [2.05, 4.69) is 0 Å². The smallest absolute Gasteiger partial charge is 0.255 e. The van der Waals surface area contributed by atoms with Crippen LogP contribution in [0.2, 0.25) is 5.02 Å². The lowest BCUT2D eigenvalue weighted by Crippen LogP contribution is -2.41. The predicted octanol–water partition coefficient (Wildman–Crippen LogP) is 3.02. The number of Topliss-reactive ketones (excluding diaryl/α,β-unsaturated/α-hetero) is 1. The number of rotatable bonds is 2. The molecule has 0 bridgehead atoms. The number of likely N-dealkylation sites (tertiary alicyclic amines) is 1. The monoisotopic (exact) mass is 307 g/mol. The van der Waals surface area contributed by atoms with Crippen molar-refractivity contribution in [2.75, 3.05) is 6.54 Å². The van der Waals surface area contributed by atoms with Gasteiger partial charge in [0.25, 0.3) is 5.91 Å². The molecular weight excluding hydrogens is 290 g/mol. The summed E-state index contributed by atoms with van der Waals surface area (Å²) in [6.45, 7) is 0.652. The minimum atomic E-state index is -0.182. The van der Waals surface area contributed by atoms with Gasteiger partial charge < -0.3 is 10.0 Å². The molecule has 1 heterocycles. The molecule has 1 aromatic carbocycles. The summed E-state index contributed by atoms with van der Waals surface area (Å²) >= 11 is 6.08. The Kier molecular flexibility index (Phi) is 3.89. The van der Waals surface area contributed by atoms with Crippen LogP contribution in [0.25, 0.3) is 0 Å². The molecule has 21 heavy (non-hydrogen) atoms. The number of hydrogen-bond donors (Lipinski definition) is 1. The molecule has 1 aliphatic heterocycles. The number of amides is 1. The van der Waals surface area contributed by atoms with Gasteiger partial charge in [-0.2, -0.15) is 0 Å². The molecule has 1 saturated carbocycles. The van der Waals surface area contributed by atoms with Crippen LogP contribution in [0, 0.1) is 5.92 Å². The van der Waals surface area contributed by atoms with Gasteiger partial charge in [-0.05, 0) is 43.9 Å². The highest BCUT2D eigenvalue weighted by Crippen LogP contribution is 2.35. The van der Waals surface area contributed by atoms with Gasteiger partial charge in [-0.3, -0.25) is 9.59 Å². The zero-order valence-electron chi connectivity index (χ0n) is 11.7. The molecule has 0 aromatic heterocycles. The molecule has 2 unspecified atom stereocenters.